The number of nitrogens with zero attached hydrogens (tertiary/aromatic N) is 1. The Hall–Kier alpha value is -1.06. The SMILES string of the molecule is COC(=O)CN1C(=O)CCC1C(C)C. The third-order valence-electron chi connectivity index (χ3n) is 2.67. The van der Waals surface area contributed by atoms with Crippen LogP contribution in [0.25, 0.3) is 0 Å². The molecular weight excluding hydrogens is 182 g/mol. The van der Waals surface area contributed by atoms with Crippen molar-refractivity contribution in [2.45, 2.75) is 32.7 Å². The Morgan fingerprint density at radius 1 is 1.64 bits per heavy atom. The van der Waals surface area contributed by atoms with Crippen molar-refractivity contribution in [2.24, 2.45) is 5.92 Å². The summed E-state index contributed by atoms with van der Waals surface area (Å²) in [7, 11) is 1.34. The molecule has 1 rings (SSSR count). The van der Waals surface area contributed by atoms with Gasteiger partial charge in [0.25, 0.3) is 0 Å². The van der Waals surface area contributed by atoms with Gasteiger partial charge in [-0.3, -0.25) is 9.59 Å². The van der Waals surface area contributed by atoms with Crippen molar-refractivity contribution in [3.8, 4) is 0 Å². The van der Waals surface area contributed by atoms with Crippen molar-refractivity contribution in [1.29, 1.82) is 0 Å². The van der Waals surface area contributed by atoms with Crippen LogP contribution in [0.1, 0.15) is 26.7 Å². The molecule has 1 aliphatic heterocycles. The molecule has 0 spiro atoms. The van der Waals surface area contributed by atoms with Gasteiger partial charge in [-0.15, -0.1) is 0 Å². The molecule has 0 aromatic heterocycles. The fraction of sp³-hybridized carbons (Fsp3) is 0.800. The van der Waals surface area contributed by atoms with E-state index in [2.05, 4.69) is 18.6 Å². The van der Waals surface area contributed by atoms with E-state index in [0.717, 1.165) is 6.42 Å². The van der Waals surface area contributed by atoms with Crippen molar-refractivity contribution in [2.75, 3.05) is 13.7 Å². The quantitative estimate of drug-likeness (QED) is 0.632. The number of ether oxygens (including phenoxy) is 1. The van der Waals surface area contributed by atoms with Gasteiger partial charge < -0.3 is 9.64 Å². The standard InChI is InChI=1S/C10H17NO3/c1-7(2)8-4-5-9(12)11(8)6-10(13)14-3/h7-8H,4-6H2,1-3H3. The second kappa shape index (κ2) is 4.44. The number of hydrogen-bond donors (Lipinski definition) is 0. The summed E-state index contributed by atoms with van der Waals surface area (Å²) in [5, 5.41) is 0. The first-order valence-corrected chi connectivity index (χ1v) is 4.92. The zero-order valence-corrected chi connectivity index (χ0v) is 8.95. The number of esters is 1. The van der Waals surface area contributed by atoms with Crippen LogP contribution in [-0.4, -0.2) is 36.5 Å². The first-order valence-electron chi connectivity index (χ1n) is 4.92. The van der Waals surface area contributed by atoms with Crippen LogP contribution in [-0.2, 0) is 14.3 Å². The van der Waals surface area contributed by atoms with Crippen LogP contribution in [0.3, 0.4) is 0 Å². The maximum Gasteiger partial charge on any atom is 0.325 e. The van der Waals surface area contributed by atoms with E-state index in [4.69, 9.17) is 0 Å². The highest BCUT2D eigenvalue weighted by Gasteiger charge is 2.34. The third kappa shape index (κ3) is 2.25. The van der Waals surface area contributed by atoms with Crippen LogP contribution in [0.5, 0.6) is 0 Å². The molecule has 1 aliphatic rings. The monoisotopic (exact) mass is 199 g/mol. The summed E-state index contributed by atoms with van der Waals surface area (Å²) >= 11 is 0. The average molecular weight is 199 g/mol. The first kappa shape index (κ1) is 11.0. The molecule has 0 aliphatic carbocycles. The minimum absolute atomic E-state index is 0.0640. The Kier molecular flexibility index (Phi) is 3.49. The van der Waals surface area contributed by atoms with Crippen LogP contribution in [0.2, 0.25) is 0 Å². The van der Waals surface area contributed by atoms with Crippen molar-refractivity contribution in [3.63, 3.8) is 0 Å². The van der Waals surface area contributed by atoms with Gasteiger partial charge in [-0.1, -0.05) is 13.8 Å². The number of amides is 1. The lowest BCUT2D eigenvalue weighted by Gasteiger charge is -2.26. The van der Waals surface area contributed by atoms with Crippen LogP contribution in [0.4, 0.5) is 0 Å². The molecule has 4 nitrogen and oxygen atoms in total. The van der Waals surface area contributed by atoms with Crippen LogP contribution < -0.4 is 0 Å². The van der Waals surface area contributed by atoms with Crippen LogP contribution in [0, 0.1) is 5.92 Å². The highest BCUT2D eigenvalue weighted by atomic mass is 16.5. The predicted molar refractivity (Wildman–Crippen MR) is 51.6 cm³/mol. The van der Waals surface area contributed by atoms with E-state index >= 15 is 0 Å². The maximum atomic E-state index is 11.5. The summed E-state index contributed by atoms with van der Waals surface area (Å²) in [6, 6.07) is 0.196. The second-order valence-corrected chi connectivity index (χ2v) is 3.95. The highest BCUT2D eigenvalue weighted by molar-refractivity contribution is 5.83. The number of carbonyl (C=O) groups excluding carboxylic acids is 2. The molecule has 0 saturated carbocycles. The van der Waals surface area contributed by atoms with E-state index in [9.17, 15) is 9.59 Å². The van der Waals surface area contributed by atoms with Crippen molar-refractivity contribution in [3.05, 3.63) is 0 Å². The van der Waals surface area contributed by atoms with E-state index in [-0.39, 0.29) is 24.5 Å². The van der Waals surface area contributed by atoms with Gasteiger partial charge in [-0.05, 0) is 12.3 Å². The lowest BCUT2D eigenvalue weighted by atomic mass is 10.0. The minimum Gasteiger partial charge on any atom is -0.468 e. The highest BCUT2D eigenvalue weighted by Crippen LogP contribution is 2.24. The Labute approximate surface area is 84.2 Å². The van der Waals surface area contributed by atoms with E-state index in [1.54, 1.807) is 4.90 Å². The zero-order chi connectivity index (χ0) is 10.7. The van der Waals surface area contributed by atoms with E-state index < -0.39 is 0 Å². The summed E-state index contributed by atoms with van der Waals surface area (Å²) in [5.41, 5.74) is 0. The van der Waals surface area contributed by atoms with E-state index in [1.165, 1.54) is 7.11 Å². The molecule has 0 N–H and O–H groups in total. The van der Waals surface area contributed by atoms with Gasteiger partial charge in [0.05, 0.1) is 7.11 Å². The van der Waals surface area contributed by atoms with Gasteiger partial charge in [0.15, 0.2) is 0 Å². The summed E-state index contributed by atoms with van der Waals surface area (Å²) in [5.74, 6) is 0.117. The molecule has 1 atom stereocenters. The molecule has 0 aromatic carbocycles. The number of carbonyl (C=O) groups is 2. The largest absolute Gasteiger partial charge is 0.468 e. The van der Waals surface area contributed by atoms with Crippen molar-refractivity contribution < 1.29 is 14.3 Å². The molecule has 4 heteroatoms. The first-order chi connectivity index (χ1) is 6.56. The lowest BCUT2D eigenvalue weighted by molar-refractivity contribution is -0.146. The van der Waals surface area contributed by atoms with Gasteiger partial charge in [0.2, 0.25) is 5.91 Å². The second-order valence-electron chi connectivity index (χ2n) is 3.95. The van der Waals surface area contributed by atoms with Gasteiger partial charge in [-0.2, -0.15) is 0 Å². The smallest absolute Gasteiger partial charge is 0.325 e. The zero-order valence-electron chi connectivity index (χ0n) is 8.95. The predicted octanol–water partition coefficient (Wildman–Crippen LogP) is 0.806. The van der Waals surface area contributed by atoms with Crippen LogP contribution >= 0.6 is 0 Å². The number of methoxy groups -OCH3 is 1. The molecule has 0 bridgehead atoms. The van der Waals surface area contributed by atoms with Crippen molar-refractivity contribution >= 4 is 11.9 Å². The normalized spacial score (nSPS) is 21.9. The maximum absolute atomic E-state index is 11.5. The number of rotatable bonds is 3. The summed E-state index contributed by atoms with van der Waals surface area (Å²) in [6.45, 7) is 4.22. The van der Waals surface area contributed by atoms with Crippen LogP contribution in [0.15, 0.2) is 0 Å². The van der Waals surface area contributed by atoms with E-state index in [0.29, 0.717) is 12.3 Å². The average Bonchev–Trinajstić information content (AvgIpc) is 2.48. The molecule has 0 aromatic rings. The molecule has 14 heavy (non-hydrogen) atoms. The molecule has 1 fully saturated rings. The summed E-state index contributed by atoms with van der Waals surface area (Å²) < 4.78 is 4.56. The number of likely N-dealkylation sites (tertiary alicyclic amines) is 1. The fourth-order valence-corrected chi connectivity index (χ4v) is 1.86. The summed E-state index contributed by atoms with van der Waals surface area (Å²) in [6.07, 6.45) is 1.41. The molecule has 0 radical (unpaired) electrons. The van der Waals surface area contributed by atoms with E-state index in [1.807, 2.05) is 0 Å². The summed E-state index contributed by atoms with van der Waals surface area (Å²) in [4.78, 5) is 24.2. The molecule has 1 amide bonds. The molecule has 1 unspecified atom stereocenters. The number of hydrogen-bond acceptors (Lipinski definition) is 3. The fourth-order valence-electron chi connectivity index (χ4n) is 1.86. The van der Waals surface area contributed by atoms with Gasteiger partial charge in [0, 0.05) is 12.5 Å². The molecular formula is C10H17NO3. The third-order valence-corrected chi connectivity index (χ3v) is 2.67. The topological polar surface area (TPSA) is 46.6 Å². The Morgan fingerprint density at radius 3 is 2.79 bits per heavy atom. The Balaban J connectivity index is 2.62. The van der Waals surface area contributed by atoms with Gasteiger partial charge in [0.1, 0.15) is 6.54 Å². The molecule has 1 saturated heterocycles. The van der Waals surface area contributed by atoms with Gasteiger partial charge in [-0.25, -0.2) is 0 Å². The van der Waals surface area contributed by atoms with Gasteiger partial charge >= 0.3 is 5.97 Å². The molecule has 1 heterocycles. The minimum atomic E-state index is -0.342. The Bertz CT molecular complexity index is 238. The molecule has 80 valence electrons. The Morgan fingerprint density at radius 2 is 2.29 bits per heavy atom. The lowest BCUT2D eigenvalue weighted by Crippen LogP contribution is -2.40. The van der Waals surface area contributed by atoms with Crippen molar-refractivity contribution in [1.82, 2.24) is 4.90 Å².